The first-order chi connectivity index (χ1) is 18.8. The number of likely N-dealkylation sites (N-methyl/N-ethyl adjacent to an activating group) is 1. The Morgan fingerprint density at radius 3 is 2.64 bits per heavy atom. The summed E-state index contributed by atoms with van der Waals surface area (Å²) in [5.41, 5.74) is 3.50. The third-order valence-electron chi connectivity index (χ3n) is 7.77. The molecule has 2 aromatic heterocycles. The molecule has 2 aliphatic heterocycles. The van der Waals surface area contributed by atoms with Crippen molar-refractivity contribution in [2.75, 3.05) is 44.7 Å². The van der Waals surface area contributed by atoms with Crippen molar-refractivity contribution in [2.24, 2.45) is 10.2 Å². The molecule has 214 valence electrons. The van der Waals surface area contributed by atoms with Crippen LogP contribution in [0.2, 0.25) is 0 Å². The zero-order valence-corrected chi connectivity index (χ0v) is 25.9. The molecule has 12 heteroatoms. The molecule has 39 heavy (non-hydrogen) atoms. The molecule has 4 fully saturated rings. The molecular formula is C27H40F2N8SSe. The second kappa shape index (κ2) is 11.7. The Kier molecular flexibility index (Phi) is 8.71. The molecule has 4 heterocycles. The van der Waals surface area contributed by atoms with E-state index in [0.717, 1.165) is 73.1 Å². The number of fused-ring (bicyclic) bond motifs is 1. The zero-order valence-electron chi connectivity index (χ0n) is 23.3. The van der Waals surface area contributed by atoms with Crippen LogP contribution in [-0.2, 0) is 5.32 Å². The monoisotopic (exact) mass is 626 g/mol. The van der Waals surface area contributed by atoms with Crippen LogP contribution in [0, 0.1) is 0 Å². The Bertz CT molecular complexity index is 1210. The van der Waals surface area contributed by atoms with Crippen molar-refractivity contribution in [1.29, 1.82) is 0 Å². The SMILES string of the molecule is C=N/N=C(\[Se]Cc1c(C2CC2)nn2c(N3CCNC4(CN(C)C4)C3)cc(SNC3(C)CC3)cc12)C(F)F.CC. The fourth-order valence-corrected chi connectivity index (χ4v) is 8.10. The number of rotatable bonds is 10. The maximum absolute atomic E-state index is 13.6. The van der Waals surface area contributed by atoms with Gasteiger partial charge < -0.3 is 0 Å². The summed E-state index contributed by atoms with van der Waals surface area (Å²) in [7, 11) is 2.16. The van der Waals surface area contributed by atoms with Gasteiger partial charge in [0.05, 0.1) is 0 Å². The van der Waals surface area contributed by atoms with E-state index in [1.165, 1.54) is 12.8 Å². The Hall–Kier alpha value is -1.56. The molecule has 0 bridgehead atoms. The van der Waals surface area contributed by atoms with Crippen molar-refractivity contribution >= 4 is 49.6 Å². The second-order valence-electron chi connectivity index (χ2n) is 11.2. The molecule has 2 saturated carbocycles. The van der Waals surface area contributed by atoms with E-state index in [1.54, 1.807) is 11.9 Å². The number of hydrogen-bond acceptors (Lipinski definition) is 8. The number of nitrogens with zero attached hydrogens (tertiary/aromatic N) is 6. The molecule has 2 aliphatic carbocycles. The van der Waals surface area contributed by atoms with E-state index in [2.05, 4.69) is 67.4 Å². The Morgan fingerprint density at radius 1 is 1.28 bits per heavy atom. The minimum Gasteiger partial charge on any atom is -0.0683 e. The maximum Gasteiger partial charge on any atom is -0.0683 e. The molecule has 2 aromatic rings. The van der Waals surface area contributed by atoms with Gasteiger partial charge in [-0.3, -0.25) is 0 Å². The quantitative estimate of drug-likeness (QED) is 0.180. The second-order valence-corrected chi connectivity index (χ2v) is 14.2. The van der Waals surface area contributed by atoms with Crippen LogP contribution in [-0.4, -0.2) is 98.1 Å². The summed E-state index contributed by atoms with van der Waals surface area (Å²) in [5, 5.41) is 16.5. The largest absolute Gasteiger partial charge is 0.0683 e. The van der Waals surface area contributed by atoms with Gasteiger partial charge in [0, 0.05) is 0 Å². The summed E-state index contributed by atoms with van der Waals surface area (Å²) in [4.78, 5) is 5.95. The Labute approximate surface area is 240 Å². The first-order valence-corrected chi connectivity index (χ1v) is 16.8. The normalized spacial score (nSPS) is 22.1. The number of nitrogens with one attached hydrogen (secondary N) is 2. The topological polar surface area (TPSA) is 72.6 Å². The van der Waals surface area contributed by atoms with Gasteiger partial charge in [-0.2, -0.15) is 0 Å². The van der Waals surface area contributed by atoms with Gasteiger partial charge in [0.2, 0.25) is 0 Å². The van der Waals surface area contributed by atoms with Crippen molar-refractivity contribution in [1.82, 2.24) is 24.6 Å². The van der Waals surface area contributed by atoms with Crippen LogP contribution in [0.25, 0.3) is 5.52 Å². The van der Waals surface area contributed by atoms with Gasteiger partial charge >= 0.3 is 227 Å². The van der Waals surface area contributed by atoms with Gasteiger partial charge in [-0.05, 0) is 0 Å². The third-order valence-corrected chi connectivity index (χ3v) is 10.9. The van der Waals surface area contributed by atoms with E-state index in [-0.39, 0.29) is 15.7 Å². The number of anilines is 1. The van der Waals surface area contributed by atoms with Crippen LogP contribution in [0.4, 0.5) is 14.6 Å². The molecule has 0 radical (unpaired) electrons. The number of alkyl halides is 2. The van der Waals surface area contributed by atoms with Gasteiger partial charge in [0.25, 0.3) is 0 Å². The molecule has 0 aromatic carbocycles. The third kappa shape index (κ3) is 6.36. The average molecular weight is 626 g/mol. The predicted octanol–water partition coefficient (Wildman–Crippen LogP) is 3.96. The molecule has 6 rings (SSSR count). The number of likely N-dealkylation sites (tertiary alicyclic amines) is 1. The number of piperazine rings is 1. The molecule has 0 atom stereocenters. The van der Waals surface area contributed by atoms with Crippen molar-refractivity contribution < 1.29 is 8.78 Å². The molecule has 2 saturated heterocycles. The van der Waals surface area contributed by atoms with Gasteiger partial charge in [-0.15, -0.1) is 0 Å². The van der Waals surface area contributed by atoms with E-state index in [1.807, 2.05) is 13.8 Å². The fourth-order valence-electron chi connectivity index (χ4n) is 5.46. The van der Waals surface area contributed by atoms with E-state index in [9.17, 15) is 8.78 Å². The number of hydrogen-bond donors (Lipinski definition) is 2. The summed E-state index contributed by atoms with van der Waals surface area (Å²) >= 11 is 1.15. The Balaban J connectivity index is 0.00000151. The van der Waals surface area contributed by atoms with Crippen LogP contribution in [0.15, 0.2) is 27.2 Å². The summed E-state index contributed by atoms with van der Waals surface area (Å²) in [5.74, 6) is 1.51. The zero-order chi connectivity index (χ0) is 27.8. The fraction of sp³-hybridized carbons (Fsp3) is 0.667. The van der Waals surface area contributed by atoms with Gasteiger partial charge in [-0.1, -0.05) is 13.8 Å². The number of aromatic nitrogens is 2. The molecule has 2 N–H and O–H groups in total. The summed E-state index contributed by atoms with van der Waals surface area (Å²) in [6, 6.07) is 4.45. The molecule has 0 unspecified atom stereocenters. The smallest absolute Gasteiger partial charge is 0.0683 e. The first kappa shape index (κ1) is 28.9. The van der Waals surface area contributed by atoms with Crippen LogP contribution in [0.1, 0.15) is 63.6 Å². The predicted molar refractivity (Wildman–Crippen MR) is 158 cm³/mol. The molecular weight excluding hydrogens is 585 g/mol. The van der Waals surface area contributed by atoms with E-state index >= 15 is 0 Å². The van der Waals surface area contributed by atoms with Crippen molar-refractivity contribution in [3.8, 4) is 0 Å². The maximum atomic E-state index is 13.6. The minimum atomic E-state index is -2.61. The Morgan fingerprint density at radius 2 is 2.03 bits per heavy atom. The van der Waals surface area contributed by atoms with Gasteiger partial charge in [-0.25, -0.2) is 0 Å². The van der Waals surface area contributed by atoms with Crippen LogP contribution >= 0.6 is 11.9 Å². The van der Waals surface area contributed by atoms with Gasteiger partial charge in [0.15, 0.2) is 0 Å². The minimum absolute atomic E-state index is 0.112. The number of halogens is 2. The molecule has 0 amide bonds. The van der Waals surface area contributed by atoms with Crippen molar-refractivity contribution in [3.05, 3.63) is 23.4 Å². The van der Waals surface area contributed by atoms with Gasteiger partial charge in [0.1, 0.15) is 0 Å². The molecule has 4 aliphatic rings. The standard InChI is InChI=1S/C25H34F2N8SSe.C2H6/c1-24(6-7-24)32-36-17-10-19-18(12-37-23(22(26)27)30-28-2)21(16-4-5-16)31-35(19)20(11-17)34-9-8-29-25(15-34)13-33(3)14-25;1-2/h10-11,16,22,29,32H,2,4-9,12-15H2,1,3H3;1-2H3/b30-23-;. The average Bonchev–Trinajstić information content (AvgIpc) is 3.85. The summed E-state index contributed by atoms with van der Waals surface area (Å²) < 4.78 is 32.7. The van der Waals surface area contributed by atoms with E-state index in [0.29, 0.717) is 11.2 Å². The molecule has 8 nitrogen and oxygen atoms in total. The summed E-state index contributed by atoms with van der Waals surface area (Å²) in [6.45, 7) is 14.4. The van der Waals surface area contributed by atoms with E-state index in [4.69, 9.17) is 5.10 Å². The van der Waals surface area contributed by atoms with Crippen molar-refractivity contribution in [2.45, 2.75) is 80.1 Å². The van der Waals surface area contributed by atoms with Crippen LogP contribution in [0.3, 0.4) is 0 Å². The first-order valence-electron chi connectivity index (χ1n) is 13.9. The van der Waals surface area contributed by atoms with E-state index < -0.39 is 21.4 Å². The molecule has 1 spiro atoms. The number of pyridine rings is 1. The van der Waals surface area contributed by atoms with Crippen LogP contribution in [0.5, 0.6) is 0 Å². The van der Waals surface area contributed by atoms with Crippen molar-refractivity contribution in [3.63, 3.8) is 0 Å². The summed E-state index contributed by atoms with van der Waals surface area (Å²) in [6.07, 6.45) is 1.96. The van der Waals surface area contributed by atoms with Crippen LogP contribution < -0.4 is 14.9 Å².